The van der Waals surface area contributed by atoms with Crippen molar-refractivity contribution in [3.8, 4) is 34.5 Å². The van der Waals surface area contributed by atoms with Crippen LogP contribution in [0, 0.1) is 0 Å². The molecular weight excluding hydrogens is 1020 g/mol. The fraction of sp³-hybridized carbons (Fsp3) is 0.571. The average Bonchev–Trinajstić information content (AvgIpc) is 3.57. The van der Waals surface area contributed by atoms with Crippen LogP contribution < -0.4 is 9.47 Å². The molecule has 0 aliphatic heterocycles. The quantitative estimate of drug-likeness (QED) is 0.0392. The number of benzene rings is 4. The predicted molar refractivity (Wildman–Crippen MR) is 337 cm³/mol. The third-order valence-electron chi connectivity index (χ3n) is 16.0. The first kappa shape index (κ1) is 64.9. The summed E-state index contributed by atoms with van der Waals surface area (Å²) in [6, 6.07) is 14.4. The van der Waals surface area contributed by atoms with E-state index in [1.54, 1.807) is 49.1 Å². The normalized spacial score (nSPS) is 19.0. The van der Waals surface area contributed by atoms with Gasteiger partial charge in [-0.3, -0.25) is 29.6 Å². The van der Waals surface area contributed by atoms with Crippen LogP contribution in [0.1, 0.15) is 257 Å². The molecular formula is C70H98N4O8. The maximum atomic E-state index is 13.4. The topological polar surface area (TPSA) is 183 Å². The molecule has 0 unspecified atom stereocenters. The van der Waals surface area contributed by atoms with Gasteiger partial charge in [0.15, 0.2) is 0 Å². The van der Waals surface area contributed by atoms with E-state index in [4.69, 9.17) is 29.4 Å². The van der Waals surface area contributed by atoms with Gasteiger partial charge in [0, 0.05) is 82.2 Å². The molecule has 2 aliphatic rings. The van der Waals surface area contributed by atoms with E-state index in [1.165, 1.54) is 0 Å². The second-order valence-corrected chi connectivity index (χ2v) is 29.3. The number of aromatic hydroxyl groups is 4. The van der Waals surface area contributed by atoms with Crippen LogP contribution in [0.15, 0.2) is 68.5 Å². The zero-order valence-corrected chi connectivity index (χ0v) is 52.9. The second kappa shape index (κ2) is 25.7. The van der Waals surface area contributed by atoms with Gasteiger partial charge < -0.3 is 29.9 Å². The molecule has 4 aromatic carbocycles. The third-order valence-corrected chi connectivity index (χ3v) is 16.0. The van der Waals surface area contributed by atoms with Crippen LogP contribution in [0.4, 0.5) is 0 Å². The summed E-state index contributed by atoms with van der Waals surface area (Å²) < 4.78 is 11.8. The van der Waals surface area contributed by atoms with Gasteiger partial charge in [0.2, 0.25) is 0 Å². The Kier molecular flexibility index (Phi) is 20.3. The molecule has 446 valence electrons. The number of nitrogens with zero attached hydrogens (tertiary/aromatic N) is 4. The predicted octanol–water partition coefficient (Wildman–Crippen LogP) is 16.1. The number of hydrogen-bond donors (Lipinski definition) is 4. The molecule has 82 heavy (non-hydrogen) atoms. The Morgan fingerprint density at radius 2 is 0.634 bits per heavy atom. The largest absolute Gasteiger partial charge is 0.507 e. The fourth-order valence-corrected chi connectivity index (χ4v) is 10.7. The van der Waals surface area contributed by atoms with E-state index in [0.29, 0.717) is 57.7 Å². The molecule has 2 saturated carbocycles. The van der Waals surface area contributed by atoms with E-state index in [1.807, 2.05) is 53.7 Å². The Morgan fingerprint density at radius 1 is 0.390 bits per heavy atom. The summed E-state index contributed by atoms with van der Waals surface area (Å²) in [6.07, 6.45) is 15.1. The molecule has 0 aromatic heterocycles. The zero-order valence-electron chi connectivity index (χ0n) is 52.9. The van der Waals surface area contributed by atoms with Gasteiger partial charge in [-0.1, -0.05) is 162 Å². The molecule has 2 fully saturated rings. The number of unbranched alkanes of at least 4 members (excludes halogenated alkanes) is 1. The van der Waals surface area contributed by atoms with E-state index in [9.17, 15) is 30.0 Å². The Hall–Kier alpha value is -6.30. The summed E-state index contributed by atoms with van der Waals surface area (Å²) in [5, 5.41) is 46.1. The summed E-state index contributed by atoms with van der Waals surface area (Å²) in [6.45, 7) is 37.5. The molecule has 12 heteroatoms. The van der Waals surface area contributed by atoms with Crippen molar-refractivity contribution in [2.45, 2.75) is 258 Å². The van der Waals surface area contributed by atoms with Gasteiger partial charge >= 0.3 is 11.9 Å². The lowest BCUT2D eigenvalue weighted by molar-refractivity contribution is -0.136. The summed E-state index contributed by atoms with van der Waals surface area (Å²) in [7, 11) is 0. The summed E-state index contributed by atoms with van der Waals surface area (Å²) in [5.41, 5.74) is 5.75. The lowest BCUT2D eigenvalue weighted by Crippen LogP contribution is -2.27. The van der Waals surface area contributed by atoms with Crippen LogP contribution in [-0.4, -0.2) is 81.4 Å². The number of carbonyl (C=O) groups is 2. The van der Waals surface area contributed by atoms with Crippen LogP contribution in [0.2, 0.25) is 0 Å². The first-order valence-electron chi connectivity index (χ1n) is 30.0. The lowest BCUT2D eigenvalue weighted by atomic mass is 9.79. The fourth-order valence-electron chi connectivity index (χ4n) is 10.7. The van der Waals surface area contributed by atoms with Crippen molar-refractivity contribution in [1.29, 1.82) is 0 Å². The van der Waals surface area contributed by atoms with Gasteiger partial charge in [-0.2, -0.15) is 0 Å². The molecule has 0 spiro atoms. The Labute approximate surface area is 491 Å². The minimum atomic E-state index is -0.488. The van der Waals surface area contributed by atoms with Gasteiger partial charge in [0.05, 0.1) is 24.2 Å². The van der Waals surface area contributed by atoms with Gasteiger partial charge in [0.25, 0.3) is 0 Å². The number of ether oxygens (including phenoxy) is 2. The van der Waals surface area contributed by atoms with E-state index in [2.05, 4.69) is 95.2 Å². The van der Waals surface area contributed by atoms with Crippen molar-refractivity contribution in [1.82, 2.24) is 0 Å². The van der Waals surface area contributed by atoms with Gasteiger partial charge in [0.1, 0.15) is 34.5 Å². The number of aliphatic imine (C=N–C) groups is 4. The van der Waals surface area contributed by atoms with E-state index in [0.717, 1.165) is 73.6 Å². The molecule has 2 aliphatic carbocycles. The van der Waals surface area contributed by atoms with Crippen molar-refractivity contribution in [3.63, 3.8) is 0 Å². The Bertz CT molecular complexity index is 2840. The van der Waals surface area contributed by atoms with Crippen molar-refractivity contribution in [3.05, 3.63) is 104 Å². The molecule has 0 saturated heterocycles. The third kappa shape index (κ3) is 17.2. The molecule has 0 bridgehead atoms. The maximum Gasteiger partial charge on any atom is 0.311 e. The van der Waals surface area contributed by atoms with Crippen molar-refractivity contribution in [2.75, 3.05) is 0 Å². The first-order valence-corrected chi connectivity index (χ1v) is 30.0. The number of hydrogen-bond acceptors (Lipinski definition) is 12. The molecule has 6 rings (SSSR count). The van der Waals surface area contributed by atoms with Gasteiger partial charge in [-0.05, 0) is 119 Å². The minimum absolute atomic E-state index is 0.0538. The number of phenols is 4. The van der Waals surface area contributed by atoms with E-state index in [-0.39, 0.29) is 81.7 Å². The molecule has 0 amide bonds. The Balaban J connectivity index is 1.11. The molecule has 4 aromatic rings. The van der Waals surface area contributed by atoms with Gasteiger partial charge in [-0.15, -0.1) is 0 Å². The lowest BCUT2D eigenvalue weighted by Gasteiger charge is -2.28. The highest BCUT2D eigenvalue weighted by Crippen LogP contribution is 2.42. The van der Waals surface area contributed by atoms with E-state index >= 15 is 0 Å². The van der Waals surface area contributed by atoms with Gasteiger partial charge in [-0.25, -0.2) is 0 Å². The molecule has 12 nitrogen and oxygen atoms in total. The van der Waals surface area contributed by atoms with Crippen LogP contribution >= 0.6 is 0 Å². The maximum absolute atomic E-state index is 13.4. The minimum Gasteiger partial charge on any atom is -0.507 e. The molecule has 4 N–H and O–H groups in total. The number of esters is 2. The average molecular weight is 1120 g/mol. The van der Waals surface area contributed by atoms with Crippen LogP contribution in [0.3, 0.4) is 0 Å². The van der Waals surface area contributed by atoms with Crippen LogP contribution in [0.25, 0.3) is 0 Å². The van der Waals surface area contributed by atoms with Crippen LogP contribution in [0.5, 0.6) is 34.5 Å². The number of rotatable bonds is 15. The first-order chi connectivity index (χ1) is 37.9. The standard InChI is InChI=1S/C70H98N4O8/c1-65(2,3)47-31-43(61(77)51(35-47)67(7,8)9)39-71-55-25-19-21-27-57(55)73-41-45-33-49(37-53(63(45)79)69(13,14)15)81-59(75)29-23-24-30-60(76)82-50-34-46(64(80)54(38-50)70(16,17)18)42-74-58-28-22-20-26-56(58)72-40-44-32-48(66(4,5)6)36-52(62(44)78)68(10,11)12/h31-42,55-58,77-80H,19-30H2,1-18H3/t55-,56-,57-,58-/m1/s1. The van der Waals surface area contributed by atoms with Crippen molar-refractivity contribution < 1.29 is 39.5 Å². The highest BCUT2D eigenvalue weighted by atomic mass is 16.5. The molecule has 4 atom stereocenters. The zero-order chi connectivity index (χ0) is 60.9. The summed E-state index contributed by atoms with van der Waals surface area (Å²) >= 11 is 0. The monoisotopic (exact) mass is 1120 g/mol. The SMILES string of the molecule is CC(C)(C)c1cc(C=N[C@@H]2CCCC[C@H]2N=Cc2cc(OC(=O)CCCCC(=O)Oc3cc(C=N[C@@H]4CCCC[C@H]4N=Cc4cc(C(C)(C)C)cc(C(C)(C)C)c4O)c(O)c(C(C)(C)C)c3)cc(C(C)(C)C)c2O)c(O)c(C(C)(C)C)c1. The smallest absolute Gasteiger partial charge is 0.311 e. The summed E-state index contributed by atoms with van der Waals surface area (Å²) in [5.74, 6) is 0.275. The summed E-state index contributed by atoms with van der Waals surface area (Å²) in [4.78, 5) is 46.9. The van der Waals surface area contributed by atoms with Crippen LogP contribution in [-0.2, 0) is 42.1 Å². The molecule has 0 radical (unpaired) electrons. The molecule has 0 heterocycles. The highest BCUT2D eigenvalue weighted by molar-refractivity contribution is 5.88. The van der Waals surface area contributed by atoms with Crippen molar-refractivity contribution >= 4 is 36.8 Å². The number of carbonyl (C=O) groups excluding carboxylic acids is 2. The number of phenolic OH excluding ortho intramolecular Hbond substituents is 4. The highest BCUT2D eigenvalue weighted by Gasteiger charge is 2.31. The van der Waals surface area contributed by atoms with E-state index < -0.39 is 22.8 Å². The van der Waals surface area contributed by atoms with Crippen molar-refractivity contribution in [2.24, 2.45) is 20.0 Å². The Morgan fingerprint density at radius 3 is 0.878 bits per heavy atom. The second-order valence-electron chi connectivity index (χ2n) is 29.3.